The summed E-state index contributed by atoms with van der Waals surface area (Å²) >= 11 is 1.60. The fourth-order valence-electron chi connectivity index (χ4n) is 3.28. The number of nitrogens with zero attached hydrogens (tertiary/aromatic N) is 2. The summed E-state index contributed by atoms with van der Waals surface area (Å²) in [6.45, 7) is 4.60. The van der Waals surface area contributed by atoms with Gasteiger partial charge in [0, 0.05) is 18.0 Å². The topological polar surface area (TPSA) is 35.8 Å². The van der Waals surface area contributed by atoms with Crippen LogP contribution in [0.5, 0.6) is 11.5 Å². The molecular weight excluding hydrogens is 380 g/mol. The van der Waals surface area contributed by atoms with Crippen LogP contribution in [-0.2, 0) is 6.54 Å². The van der Waals surface area contributed by atoms with E-state index in [0.29, 0.717) is 12.3 Å². The number of fused-ring (bicyclic) bond motifs is 1. The molecule has 4 rings (SSSR count). The summed E-state index contributed by atoms with van der Waals surface area (Å²) in [5.41, 5.74) is 3.04. The molecule has 146 valence electrons. The maximum absolute atomic E-state index is 5.50. The van der Waals surface area contributed by atoms with Gasteiger partial charge in [0.1, 0.15) is 17.2 Å². The van der Waals surface area contributed by atoms with Crippen molar-refractivity contribution in [3.05, 3.63) is 83.5 Å². The van der Waals surface area contributed by atoms with E-state index in [4.69, 9.17) is 14.5 Å². The lowest BCUT2D eigenvalue weighted by atomic mass is 10.1. The summed E-state index contributed by atoms with van der Waals surface area (Å²) in [6.07, 6.45) is 1.89. The normalized spacial score (nSPS) is 11.6. The number of allylic oxidation sites excluding steroid dienone is 1. The van der Waals surface area contributed by atoms with Crippen LogP contribution >= 0.6 is 11.3 Å². The highest BCUT2D eigenvalue weighted by atomic mass is 32.1. The summed E-state index contributed by atoms with van der Waals surface area (Å²) in [5.74, 6) is 1.41. The molecule has 0 radical (unpaired) electrons. The van der Waals surface area contributed by atoms with Crippen LogP contribution < -0.4 is 14.3 Å². The van der Waals surface area contributed by atoms with Crippen LogP contribution in [-0.4, -0.2) is 18.8 Å². The van der Waals surface area contributed by atoms with Crippen LogP contribution in [0.2, 0.25) is 0 Å². The Bertz CT molecular complexity index is 1240. The Kier molecular flexibility index (Phi) is 5.49. The van der Waals surface area contributed by atoms with Gasteiger partial charge in [-0.3, -0.25) is 0 Å². The van der Waals surface area contributed by atoms with Gasteiger partial charge in [-0.15, -0.1) is 17.9 Å². The van der Waals surface area contributed by atoms with Gasteiger partial charge in [0.2, 0.25) is 0 Å². The molecule has 5 heteroatoms. The Morgan fingerprint density at radius 3 is 2.59 bits per heavy atom. The molecule has 4 nitrogen and oxygen atoms in total. The van der Waals surface area contributed by atoms with E-state index in [0.717, 1.165) is 27.5 Å². The molecule has 0 N–H and O–H groups in total. The predicted molar refractivity (Wildman–Crippen MR) is 120 cm³/mol. The number of benzene rings is 3. The maximum atomic E-state index is 5.50. The Hall–Kier alpha value is -3.31. The monoisotopic (exact) mass is 402 g/mol. The van der Waals surface area contributed by atoms with Crippen LogP contribution in [0.15, 0.2) is 83.7 Å². The van der Waals surface area contributed by atoms with Gasteiger partial charge < -0.3 is 14.0 Å². The Morgan fingerprint density at radius 2 is 1.83 bits per heavy atom. The van der Waals surface area contributed by atoms with Crippen molar-refractivity contribution in [3.63, 3.8) is 0 Å². The van der Waals surface area contributed by atoms with E-state index in [9.17, 15) is 0 Å². The van der Waals surface area contributed by atoms with Crippen molar-refractivity contribution in [2.75, 3.05) is 14.2 Å². The van der Waals surface area contributed by atoms with Crippen molar-refractivity contribution in [3.8, 4) is 22.8 Å². The molecule has 1 heterocycles. The molecule has 0 atom stereocenters. The smallest absolute Gasteiger partial charge is 0.190 e. The van der Waals surface area contributed by atoms with Crippen LogP contribution in [0.4, 0.5) is 5.69 Å². The number of hydrogen-bond donors (Lipinski definition) is 0. The second-order valence-corrected chi connectivity index (χ2v) is 7.35. The van der Waals surface area contributed by atoms with Crippen molar-refractivity contribution < 1.29 is 9.47 Å². The largest absolute Gasteiger partial charge is 0.497 e. The second kappa shape index (κ2) is 8.37. The van der Waals surface area contributed by atoms with Crippen LogP contribution in [0.3, 0.4) is 0 Å². The summed E-state index contributed by atoms with van der Waals surface area (Å²) < 4.78 is 13.0. The zero-order valence-corrected chi connectivity index (χ0v) is 17.3. The highest BCUT2D eigenvalue weighted by Gasteiger charge is 2.10. The molecule has 0 saturated carbocycles. The average molecular weight is 403 g/mol. The van der Waals surface area contributed by atoms with Gasteiger partial charge in [0.15, 0.2) is 4.80 Å². The van der Waals surface area contributed by atoms with E-state index in [1.807, 2.05) is 24.3 Å². The molecule has 0 aliphatic heterocycles. The van der Waals surface area contributed by atoms with Gasteiger partial charge in [-0.1, -0.05) is 42.5 Å². The first-order chi connectivity index (χ1) is 14.2. The van der Waals surface area contributed by atoms with Gasteiger partial charge in [0.05, 0.1) is 19.9 Å². The van der Waals surface area contributed by atoms with Crippen LogP contribution in [0.1, 0.15) is 0 Å². The lowest BCUT2D eigenvalue weighted by Crippen LogP contribution is -2.14. The van der Waals surface area contributed by atoms with E-state index in [1.165, 1.54) is 10.8 Å². The number of methoxy groups -OCH3 is 2. The molecule has 0 fully saturated rings. The van der Waals surface area contributed by atoms with Crippen molar-refractivity contribution in [1.82, 2.24) is 4.57 Å². The maximum Gasteiger partial charge on any atom is 0.190 e. The third-order valence-electron chi connectivity index (χ3n) is 4.76. The number of hydrogen-bond acceptors (Lipinski definition) is 4. The number of thiazole rings is 1. The van der Waals surface area contributed by atoms with Gasteiger partial charge in [-0.25, -0.2) is 4.99 Å². The van der Waals surface area contributed by atoms with Crippen molar-refractivity contribution in [2.45, 2.75) is 6.54 Å². The SMILES string of the molecule is C=CCn1c(-c2ccc3ccccc3c2)csc1=Nc1ccc(OC)cc1OC. The average Bonchev–Trinajstić information content (AvgIpc) is 3.16. The Balaban J connectivity index is 1.85. The number of aromatic nitrogens is 1. The van der Waals surface area contributed by atoms with Crippen molar-refractivity contribution in [2.24, 2.45) is 4.99 Å². The standard InChI is InChI=1S/C24H22N2O2S/c1-4-13-26-22(19-10-9-17-7-5-6-8-18(17)14-19)16-29-24(26)25-21-12-11-20(27-2)15-23(21)28-3/h4-12,14-16H,1,13H2,2-3H3. The number of ether oxygens (including phenoxy) is 2. The zero-order chi connectivity index (χ0) is 20.2. The number of rotatable bonds is 6. The highest BCUT2D eigenvalue weighted by Crippen LogP contribution is 2.31. The van der Waals surface area contributed by atoms with Crippen LogP contribution in [0.25, 0.3) is 22.0 Å². The molecule has 0 saturated heterocycles. The van der Waals surface area contributed by atoms with E-state index in [-0.39, 0.29) is 0 Å². The van der Waals surface area contributed by atoms with Crippen molar-refractivity contribution >= 4 is 27.8 Å². The minimum absolute atomic E-state index is 0.670. The first-order valence-electron chi connectivity index (χ1n) is 9.28. The fourth-order valence-corrected chi connectivity index (χ4v) is 4.22. The molecule has 4 aromatic rings. The van der Waals surface area contributed by atoms with Gasteiger partial charge in [-0.2, -0.15) is 0 Å². The van der Waals surface area contributed by atoms with Gasteiger partial charge >= 0.3 is 0 Å². The van der Waals surface area contributed by atoms with E-state index >= 15 is 0 Å². The molecule has 1 aromatic heterocycles. The first kappa shape index (κ1) is 19.0. The Labute approximate surface area is 174 Å². The molecule has 0 amide bonds. The summed E-state index contributed by atoms with van der Waals surface area (Å²) in [4.78, 5) is 5.75. The summed E-state index contributed by atoms with van der Waals surface area (Å²) in [5, 5.41) is 4.59. The van der Waals surface area contributed by atoms with Gasteiger partial charge in [-0.05, 0) is 34.5 Å². The first-order valence-corrected chi connectivity index (χ1v) is 10.2. The summed E-state index contributed by atoms with van der Waals surface area (Å²) in [7, 11) is 3.28. The highest BCUT2D eigenvalue weighted by molar-refractivity contribution is 7.07. The quantitative estimate of drug-likeness (QED) is 0.382. The minimum atomic E-state index is 0.670. The summed E-state index contributed by atoms with van der Waals surface area (Å²) in [6, 6.07) is 20.5. The molecule has 3 aromatic carbocycles. The predicted octanol–water partition coefficient (Wildman–Crippen LogP) is 5.81. The molecular formula is C24H22N2O2S. The van der Waals surface area contributed by atoms with Crippen LogP contribution in [0, 0.1) is 0 Å². The molecule has 0 spiro atoms. The minimum Gasteiger partial charge on any atom is -0.497 e. The lowest BCUT2D eigenvalue weighted by Gasteiger charge is -2.09. The third-order valence-corrected chi connectivity index (χ3v) is 5.62. The van der Waals surface area contributed by atoms with E-state index < -0.39 is 0 Å². The molecule has 0 aliphatic rings. The van der Waals surface area contributed by atoms with E-state index in [1.54, 1.807) is 25.6 Å². The fraction of sp³-hybridized carbons (Fsp3) is 0.125. The molecule has 29 heavy (non-hydrogen) atoms. The second-order valence-electron chi connectivity index (χ2n) is 6.51. The Morgan fingerprint density at radius 1 is 1.00 bits per heavy atom. The zero-order valence-electron chi connectivity index (χ0n) is 16.5. The molecule has 0 aliphatic carbocycles. The lowest BCUT2D eigenvalue weighted by molar-refractivity contribution is 0.395. The molecule has 0 unspecified atom stereocenters. The van der Waals surface area contributed by atoms with Gasteiger partial charge in [0.25, 0.3) is 0 Å². The van der Waals surface area contributed by atoms with E-state index in [2.05, 4.69) is 59.0 Å². The van der Waals surface area contributed by atoms with Crippen molar-refractivity contribution in [1.29, 1.82) is 0 Å². The third kappa shape index (κ3) is 3.82. The molecule has 0 bridgehead atoms.